The second-order valence-corrected chi connectivity index (χ2v) is 6.28. The number of hydrogen-bond acceptors (Lipinski definition) is 6. The molecule has 138 valence electrons. The molecule has 9 nitrogen and oxygen atoms in total. The van der Waals surface area contributed by atoms with Crippen molar-refractivity contribution in [3.63, 3.8) is 0 Å². The van der Waals surface area contributed by atoms with Gasteiger partial charge in [-0.2, -0.15) is 0 Å². The maximum Gasteiger partial charge on any atom is 0.352 e. The lowest BCUT2D eigenvalue weighted by atomic mass is 9.93. The summed E-state index contributed by atoms with van der Waals surface area (Å²) in [5, 5.41) is 31.2. The number of rotatable bonds is 6. The number of aliphatic hydroxyl groups is 1. The molecule has 2 aromatic rings. The summed E-state index contributed by atoms with van der Waals surface area (Å²) in [4.78, 5) is 37.1. The Balaban J connectivity index is 1.76. The Morgan fingerprint density at radius 3 is 2.65 bits per heavy atom. The Kier molecular flexibility index (Phi) is 4.66. The molecule has 0 amide bonds. The highest BCUT2D eigenvalue weighted by molar-refractivity contribution is 5.90. The molecule has 2 unspecified atom stereocenters. The maximum absolute atomic E-state index is 11.9. The molecular formula is C17H18N2O7. The van der Waals surface area contributed by atoms with Crippen LogP contribution in [0.4, 0.5) is 0 Å². The van der Waals surface area contributed by atoms with E-state index in [2.05, 4.69) is 10.3 Å². The molecule has 1 aromatic carbocycles. The highest BCUT2D eigenvalue weighted by Gasteiger charge is 2.44. The van der Waals surface area contributed by atoms with Crippen LogP contribution in [-0.2, 0) is 4.79 Å². The first kappa shape index (κ1) is 17.9. The number of pyridine rings is 1. The van der Waals surface area contributed by atoms with Gasteiger partial charge in [0, 0.05) is 36.9 Å². The quantitative estimate of drug-likeness (QED) is 0.488. The van der Waals surface area contributed by atoms with Crippen LogP contribution < -0.4 is 15.5 Å². The molecule has 1 aliphatic rings. The molecular weight excluding hydrogens is 344 g/mol. The summed E-state index contributed by atoms with van der Waals surface area (Å²) in [6, 6.07) is 5.58. The van der Waals surface area contributed by atoms with E-state index in [-0.39, 0.29) is 31.7 Å². The van der Waals surface area contributed by atoms with E-state index in [9.17, 15) is 24.6 Å². The van der Waals surface area contributed by atoms with E-state index in [0.717, 1.165) is 6.07 Å². The number of aliphatic hydroxyl groups excluding tert-OH is 1. The van der Waals surface area contributed by atoms with Gasteiger partial charge in [-0.3, -0.25) is 14.9 Å². The van der Waals surface area contributed by atoms with Gasteiger partial charge in [-0.05, 0) is 12.1 Å². The first-order chi connectivity index (χ1) is 12.3. The predicted octanol–water partition coefficient (Wildman–Crippen LogP) is 0.173. The van der Waals surface area contributed by atoms with Crippen molar-refractivity contribution in [3.05, 3.63) is 40.2 Å². The zero-order chi connectivity index (χ0) is 18.9. The summed E-state index contributed by atoms with van der Waals surface area (Å²) >= 11 is 0. The number of benzene rings is 1. The van der Waals surface area contributed by atoms with Gasteiger partial charge in [-0.15, -0.1) is 0 Å². The molecule has 5 N–H and O–H groups in total. The van der Waals surface area contributed by atoms with Crippen LogP contribution >= 0.6 is 0 Å². The Labute approximate surface area is 147 Å². The molecule has 1 aliphatic heterocycles. The highest BCUT2D eigenvalue weighted by Crippen LogP contribution is 2.25. The molecule has 1 aromatic heterocycles. The fourth-order valence-electron chi connectivity index (χ4n) is 3.10. The first-order valence-corrected chi connectivity index (χ1v) is 8.00. The van der Waals surface area contributed by atoms with E-state index in [1.165, 1.54) is 12.1 Å². The van der Waals surface area contributed by atoms with Gasteiger partial charge >= 0.3 is 11.9 Å². The molecule has 0 spiro atoms. The van der Waals surface area contributed by atoms with Gasteiger partial charge in [0.25, 0.3) is 0 Å². The number of aromatic amines is 1. The third-order valence-electron chi connectivity index (χ3n) is 4.50. The number of aromatic nitrogens is 1. The summed E-state index contributed by atoms with van der Waals surface area (Å²) in [6.07, 6.45) is -0.478. The number of carboxylic acid groups (broad SMARTS) is 2. The molecule has 1 fully saturated rings. The van der Waals surface area contributed by atoms with Crippen molar-refractivity contribution in [1.82, 2.24) is 10.3 Å². The summed E-state index contributed by atoms with van der Waals surface area (Å²) in [5.74, 6) is -1.93. The van der Waals surface area contributed by atoms with Crippen LogP contribution in [0, 0.1) is 0 Å². The minimum absolute atomic E-state index is 0.0698. The summed E-state index contributed by atoms with van der Waals surface area (Å²) in [7, 11) is 0. The standard InChI is InChI=1S/C17H18N2O7/c20-9-7-17(16(24)25,18-8-9)3-4-26-10-1-2-11-12(5-10)19-13(15(22)23)6-14(11)21/h1-2,5-6,9,18,20H,3-4,7-8H2,(H,19,21)(H,22,23)(H,24,25). The number of carbonyl (C=O) groups is 2. The number of β-amino-alcohol motifs (C(OH)–C–C–N with tert-alkyl or cyclic N) is 1. The topological polar surface area (TPSA) is 149 Å². The van der Waals surface area contributed by atoms with Crippen molar-refractivity contribution in [2.24, 2.45) is 0 Å². The predicted molar refractivity (Wildman–Crippen MR) is 90.6 cm³/mol. The third-order valence-corrected chi connectivity index (χ3v) is 4.50. The molecule has 0 aliphatic carbocycles. The van der Waals surface area contributed by atoms with Crippen molar-refractivity contribution in [3.8, 4) is 5.75 Å². The van der Waals surface area contributed by atoms with E-state index >= 15 is 0 Å². The van der Waals surface area contributed by atoms with E-state index < -0.39 is 29.0 Å². The molecule has 0 radical (unpaired) electrons. The average Bonchev–Trinajstić information content (AvgIpc) is 2.97. The SMILES string of the molecule is O=C(O)c1cc(=O)c2ccc(OCCC3(C(=O)O)CC(O)CN3)cc2[nH]1. The van der Waals surface area contributed by atoms with Gasteiger partial charge in [0.15, 0.2) is 5.43 Å². The molecule has 3 rings (SSSR count). The average molecular weight is 362 g/mol. The molecule has 2 atom stereocenters. The van der Waals surface area contributed by atoms with Gasteiger partial charge in [-0.25, -0.2) is 4.79 Å². The Bertz CT molecular complexity index is 923. The second kappa shape index (κ2) is 6.77. The van der Waals surface area contributed by atoms with E-state index in [1.807, 2.05) is 0 Å². The van der Waals surface area contributed by atoms with Crippen LogP contribution in [0.15, 0.2) is 29.1 Å². The molecule has 9 heteroatoms. The molecule has 2 heterocycles. The van der Waals surface area contributed by atoms with E-state index in [1.54, 1.807) is 6.07 Å². The Morgan fingerprint density at radius 2 is 2.04 bits per heavy atom. The van der Waals surface area contributed by atoms with Crippen LogP contribution in [0.1, 0.15) is 23.3 Å². The first-order valence-electron chi connectivity index (χ1n) is 8.00. The van der Waals surface area contributed by atoms with Gasteiger partial charge in [0.2, 0.25) is 0 Å². The van der Waals surface area contributed by atoms with Gasteiger partial charge in [0.1, 0.15) is 17.0 Å². The van der Waals surface area contributed by atoms with E-state index in [4.69, 9.17) is 9.84 Å². The monoisotopic (exact) mass is 362 g/mol. The second-order valence-electron chi connectivity index (χ2n) is 6.28. The maximum atomic E-state index is 11.9. The minimum Gasteiger partial charge on any atom is -0.493 e. The largest absolute Gasteiger partial charge is 0.493 e. The van der Waals surface area contributed by atoms with Crippen LogP contribution in [-0.4, -0.2) is 57.0 Å². The number of aromatic carboxylic acids is 1. The van der Waals surface area contributed by atoms with Gasteiger partial charge in [-0.1, -0.05) is 0 Å². The van der Waals surface area contributed by atoms with Gasteiger partial charge in [0.05, 0.1) is 18.2 Å². The van der Waals surface area contributed by atoms with E-state index in [0.29, 0.717) is 16.7 Å². The molecule has 26 heavy (non-hydrogen) atoms. The Hall–Kier alpha value is -2.91. The normalized spacial score (nSPS) is 22.4. The van der Waals surface area contributed by atoms with Crippen molar-refractivity contribution >= 4 is 22.8 Å². The van der Waals surface area contributed by atoms with Gasteiger partial charge < -0.3 is 25.0 Å². The van der Waals surface area contributed by atoms with Crippen LogP contribution in [0.25, 0.3) is 10.9 Å². The van der Waals surface area contributed by atoms with Crippen molar-refractivity contribution in [1.29, 1.82) is 0 Å². The summed E-state index contributed by atoms with van der Waals surface area (Å²) < 4.78 is 5.57. The number of nitrogens with one attached hydrogen (secondary N) is 2. The Morgan fingerprint density at radius 1 is 1.27 bits per heavy atom. The molecule has 0 saturated carbocycles. The lowest BCUT2D eigenvalue weighted by molar-refractivity contribution is -0.145. The van der Waals surface area contributed by atoms with Crippen molar-refractivity contribution in [2.75, 3.05) is 13.2 Å². The minimum atomic E-state index is -1.25. The van der Waals surface area contributed by atoms with Crippen molar-refractivity contribution in [2.45, 2.75) is 24.5 Å². The van der Waals surface area contributed by atoms with Crippen LogP contribution in [0.5, 0.6) is 5.75 Å². The lowest BCUT2D eigenvalue weighted by Crippen LogP contribution is -2.48. The molecule has 0 bridgehead atoms. The fraction of sp³-hybridized carbons (Fsp3) is 0.353. The molecule has 1 saturated heterocycles. The number of carboxylic acids is 2. The smallest absolute Gasteiger partial charge is 0.352 e. The highest BCUT2D eigenvalue weighted by atomic mass is 16.5. The number of ether oxygens (including phenoxy) is 1. The fourth-order valence-corrected chi connectivity index (χ4v) is 3.10. The van der Waals surface area contributed by atoms with Crippen molar-refractivity contribution < 1.29 is 29.6 Å². The lowest BCUT2D eigenvalue weighted by Gasteiger charge is -2.24. The van der Waals surface area contributed by atoms with Crippen LogP contribution in [0.3, 0.4) is 0 Å². The number of hydrogen-bond donors (Lipinski definition) is 5. The third kappa shape index (κ3) is 3.39. The number of fused-ring (bicyclic) bond motifs is 1. The number of H-pyrrole nitrogens is 1. The summed E-state index contributed by atoms with van der Waals surface area (Å²) in [6.45, 7) is 0.280. The zero-order valence-corrected chi connectivity index (χ0v) is 13.7. The number of aliphatic carboxylic acids is 1. The zero-order valence-electron chi connectivity index (χ0n) is 13.7. The summed E-state index contributed by atoms with van der Waals surface area (Å²) in [5.41, 5.74) is -1.57. The van der Waals surface area contributed by atoms with Crippen LogP contribution in [0.2, 0.25) is 0 Å².